The Morgan fingerprint density at radius 1 is 1.00 bits per heavy atom. The van der Waals surface area contributed by atoms with Gasteiger partial charge >= 0.3 is 11.9 Å². The first-order valence-electron chi connectivity index (χ1n) is 10.5. The number of hydrogen-bond acceptors (Lipinski definition) is 5. The Kier molecular flexibility index (Phi) is 9.56. The largest absolute Gasteiger partial charge is 0.494 e. The zero-order chi connectivity index (χ0) is 22.6. The molecular weight excluding hydrogens is 392 g/mol. The first-order chi connectivity index (χ1) is 14.9. The Labute approximate surface area is 184 Å². The zero-order valence-electron chi connectivity index (χ0n) is 18.6. The molecule has 5 nitrogen and oxygen atoms in total. The van der Waals surface area contributed by atoms with E-state index in [1.54, 1.807) is 24.3 Å². The minimum absolute atomic E-state index is 0.101. The second kappa shape index (κ2) is 12.4. The van der Waals surface area contributed by atoms with Crippen molar-refractivity contribution in [3.05, 3.63) is 83.6 Å². The van der Waals surface area contributed by atoms with Gasteiger partial charge in [0.1, 0.15) is 17.3 Å². The molecular formula is C26H30O5. The van der Waals surface area contributed by atoms with Gasteiger partial charge in [0.2, 0.25) is 0 Å². The molecule has 0 spiro atoms. The van der Waals surface area contributed by atoms with Crippen molar-refractivity contribution in [2.75, 3.05) is 6.61 Å². The summed E-state index contributed by atoms with van der Waals surface area (Å²) in [6.07, 6.45) is 6.44. The summed E-state index contributed by atoms with van der Waals surface area (Å²) in [7, 11) is 0. The summed E-state index contributed by atoms with van der Waals surface area (Å²) in [6, 6.07) is 15.1. The van der Waals surface area contributed by atoms with Crippen LogP contribution < -0.4 is 9.47 Å². The lowest BCUT2D eigenvalue weighted by atomic mass is 10.0. The molecule has 2 aromatic rings. The minimum Gasteiger partial charge on any atom is -0.494 e. The molecule has 5 heteroatoms. The third kappa shape index (κ3) is 8.51. The number of allylic oxidation sites excluding steroid dienone is 3. The number of carbonyl (C=O) groups is 2. The molecule has 0 amide bonds. The molecule has 0 aromatic heterocycles. The molecule has 164 valence electrons. The minimum atomic E-state index is -0.345. The van der Waals surface area contributed by atoms with Crippen LogP contribution in [0.25, 0.3) is 0 Å². The number of rotatable bonds is 10. The normalized spacial score (nSPS) is 12.5. The van der Waals surface area contributed by atoms with E-state index in [9.17, 15) is 9.59 Å². The van der Waals surface area contributed by atoms with Crippen LogP contribution in [0, 0.1) is 0 Å². The summed E-state index contributed by atoms with van der Waals surface area (Å²) in [5.41, 5.74) is 2.12. The van der Waals surface area contributed by atoms with E-state index in [0.29, 0.717) is 31.0 Å². The monoisotopic (exact) mass is 422 g/mol. The van der Waals surface area contributed by atoms with Crippen LogP contribution in [-0.4, -0.2) is 18.5 Å². The molecule has 0 radical (unpaired) electrons. The number of carbonyl (C=O) groups excluding carboxylic acids is 2. The highest BCUT2D eigenvalue weighted by Gasteiger charge is 2.08. The molecule has 0 N–H and O–H groups in total. The molecule has 0 bridgehead atoms. The highest BCUT2D eigenvalue weighted by atomic mass is 16.5. The van der Waals surface area contributed by atoms with Gasteiger partial charge in [0, 0.05) is 13.3 Å². The Bertz CT molecular complexity index is 908. The maximum atomic E-state index is 12.2. The van der Waals surface area contributed by atoms with E-state index >= 15 is 0 Å². The molecule has 0 fully saturated rings. The van der Waals surface area contributed by atoms with Gasteiger partial charge in [-0.1, -0.05) is 37.3 Å². The van der Waals surface area contributed by atoms with Crippen molar-refractivity contribution in [2.45, 2.75) is 46.5 Å². The Morgan fingerprint density at radius 2 is 1.65 bits per heavy atom. The Morgan fingerprint density at radius 3 is 2.23 bits per heavy atom. The topological polar surface area (TPSA) is 61.8 Å². The first-order valence-corrected chi connectivity index (χ1v) is 10.5. The van der Waals surface area contributed by atoms with Gasteiger partial charge in [-0.3, -0.25) is 9.59 Å². The number of benzene rings is 2. The van der Waals surface area contributed by atoms with Gasteiger partial charge in [-0.15, -0.1) is 0 Å². The number of ether oxygens (including phenoxy) is 3. The van der Waals surface area contributed by atoms with Crippen molar-refractivity contribution >= 4 is 11.9 Å². The molecule has 0 aliphatic rings. The van der Waals surface area contributed by atoms with E-state index in [-0.39, 0.29) is 17.9 Å². The maximum Gasteiger partial charge on any atom is 0.311 e. The summed E-state index contributed by atoms with van der Waals surface area (Å²) in [5, 5.41) is 0. The molecule has 0 saturated heterocycles. The van der Waals surface area contributed by atoms with Crippen LogP contribution in [0.15, 0.2) is 72.5 Å². The van der Waals surface area contributed by atoms with E-state index in [4.69, 9.17) is 14.2 Å². The fourth-order valence-corrected chi connectivity index (χ4v) is 2.89. The van der Waals surface area contributed by atoms with Crippen LogP contribution >= 0.6 is 0 Å². The van der Waals surface area contributed by atoms with Gasteiger partial charge in [-0.05, 0) is 73.7 Å². The van der Waals surface area contributed by atoms with Crippen LogP contribution in [-0.2, 0) is 20.7 Å². The second-order valence-corrected chi connectivity index (χ2v) is 7.05. The van der Waals surface area contributed by atoms with E-state index in [1.165, 1.54) is 6.92 Å². The molecule has 0 saturated carbocycles. The van der Waals surface area contributed by atoms with Crippen molar-refractivity contribution in [3.8, 4) is 11.5 Å². The van der Waals surface area contributed by atoms with E-state index < -0.39 is 0 Å². The predicted octanol–water partition coefficient (Wildman–Crippen LogP) is 5.75. The van der Waals surface area contributed by atoms with Crippen molar-refractivity contribution < 1.29 is 23.8 Å². The summed E-state index contributed by atoms with van der Waals surface area (Å²) < 4.78 is 16.0. The lowest BCUT2D eigenvalue weighted by molar-refractivity contribution is -0.139. The van der Waals surface area contributed by atoms with Crippen molar-refractivity contribution in [3.63, 3.8) is 0 Å². The van der Waals surface area contributed by atoms with E-state index in [2.05, 4.69) is 0 Å². The lowest BCUT2D eigenvalue weighted by Gasteiger charge is -2.09. The van der Waals surface area contributed by atoms with Crippen molar-refractivity contribution in [2.24, 2.45) is 0 Å². The number of hydrogen-bond donors (Lipinski definition) is 0. The molecule has 0 heterocycles. The molecule has 1 atom stereocenters. The molecule has 0 aliphatic heterocycles. The summed E-state index contributed by atoms with van der Waals surface area (Å²) in [6.45, 7) is 7.82. The van der Waals surface area contributed by atoms with Crippen molar-refractivity contribution in [1.29, 1.82) is 0 Å². The van der Waals surface area contributed by atoms with Gasteiger partial charge in [0.05, 0.1) is 6.61 Å². The Balaban J connectivity index is 1.85. The third-order valence-electron chi connectivity index (χ3n) is 4.58. The van der Waals surface area contributed by atoms with Crippen LogP contribution in [0.2, 0.25) is 0 Å². The molecule has 31 heavy (non-hydrogen) atoms. The van der Waals surface area contributed by atoms with Gasteiger partial charge in [-0.2, -0.15) is 0 Å². The fraction of sp³-hybridized carbons (Fsp3) is 0.308. The van der Waals surface area contributed by atoms with Crippen LogP contribution in [0.5, 0.6) is 11.5 Å². The smallest absolute Gasteiger partial charge is 0.311 e. The summed E-state index contributed by atoms with van der Waals surface area (Å²) in [4.78, 5) is 23.2. The van der Waals surface area contributed by atoms with Gasteiger partial charge < -0.3 is 14.2 Å². The standard InChI is InChI=1S/C26H30O5/c1-5-23(13-7-19(3)22-11-16-25(17-12-22)30-20(4)27)31-26(28)18-10-21-8-14-24(15-9-21)29-6-2/h5,7-9,11-17,19H,6,10,18H2,1-4H3/b13-7-,23-5+/t19-/m1/s1. The van der Waals surface area contributed by atoms with Gasteiger partial charge in [0.25, 0.3) is 0 Å². The number of aryl methyl sites for hydroxylation is 1. The molecule has 0 unspecified atom stereocenters. The summed E-state index contributed by atoms with van der Waals surface area (Å²) >= 11 is 0. The molecule has 2 aromatic carbocycles. The van der Waals surface area contributed by atoms with E-state index in [0.717, 1.165) is 16.9 Å². The average molecular weight is 423 g/mol. The predicted molar refractivity (Wildman–Crippen MR) is 121 cm³/mol. The second-order valence-electron chi connectivity index (χ2n) is 7.05. The maximum absolute atomic E-state index is 12.2. The molecule has 0 aliphatic carbocycles. The quantitative estimate of drug-likeness (QED) is 0.211. The SMILES string of the molecule is C/C=C(\C=C/[C@@H](C)c1ccc(OC(C)=O)cc1)OC(=O)CCc1ccc(OCC)cc1. The van der Waals surface area contributed by atoms with Crippen LogP contribution in [0.4, 0.5) is 0 Å². The number of esters is 2. The van der Waals surface area contributed by atoms with Crippen molar-refractivity contribution in [1.82, 2.24) is 0 Å². The van der Waals surface area contributed by atoms with E-state index in [1.807, 2.05) is 63.2 Å². The molecule has 2 rings (SSSR count). The van der Waals surface area contributed by atoms with Crippen LogP contribution in [0.3, 0.4) is 0 Å². The Hall–Kier alpha value is -3.34. The average Bonchev–Trinajstić information content (AvgIpc) is 2.76. The summed E-state index contributed by atoms with van der Waals surface area (Å²) in [5.74, 6) is 1.34. The van der Waals surface area contributed by atoms with Gasteiger partial charge in [0.15, 0.2) is 0 Å². The first kappa shape index (κ1) is 23.9. The van der Waals surface area contributed by atoms with Crippen LogP contribution in [0.1, 0.15) is 51.2 Å². The lowest BCUT2D eigenvalue weighted by Crippen LogP contribution is -2.05. The fourth-order valence-electron chi connectivity index (χ4n) is 2.89. The van der Waals surface area contributed by atoms with Gasteiger partial charge in [-0.25, -0.2) is 0 Å². The zero-order valence-corrected chi connectivity index (χ0v) is 18.6. The third-order valence-corrected chi connectivity index (χ3v) is 4.58. The highest BCUT2D eigenvalue weighted by molar-refractivity contribution is 5.71. The highest BCUT2D eigenvalue weighted by Crippen LogP contribution is 2.21.